The van der Waals surface area contributed by atoms with Gasteiger partial charge in [-0.15, -0.1) is 17.0 Å². The number of hydrogen-bond acceptors (Lipinski definition) is 4. The van der Waals surface area contributed by atoms with E-state index in [1.54, 1.807) is 12.1 Å². The predicted molar refractivity (Wildman–Crippen MR) is 114 cm³/mol. The summed E-state index contributed by atoms with van der Waals surface area (Å²) in [7, 11) is 0. The number of hydrogen-bond donors (Lipinski definition) is 1. The Hall–Kier alpha value is -2.12. The summed E-state index contributed by atoms with van der Waals surface area (Å²) in [6, 6.07) is 12.0. The Morgan fingerprint density at radius 3 is 2.52 bits per heavy atom. The van der Waals surface area contributed by atoms with E-state index in [1.807, 2.05) is 23.1 Å². The third kappa shape index (κ3) is 3.51. The van der Waals surface area contributed by atoms with E-state index in [2.05, 4.69) is 4.58 Å². The lowest BCUT2D eigenvalue weighted by Gasteiger charge is -2.30. The van der Waals surface area contributed by atoms with Crippen molar-refractivity contribution in [1.29, 1.82) is 0 Å². The molecule has 3 aliphatic heterocycles. The third-order valence-electron chi connectivity index (χ3n) is 5.82. The Morgan fingerprint density at radius 2 is 1.72 bits per heavy atom. The quantitative estimate of drug-likeness (QED) is 0.687. The predicted octanol–water partition coefficient (Wildman–Crippen LogP) is 3.83. The summed E-state index contributed by atoms with van der Waals surface area (Å²) in [5, 5.41) is 11.9. The first-order valence-corrected chi connectivity index (χ1v) is 9.94. The van der Waals surface area contributed by atoms with Gasteiger partial charge in [0.2, 0.25) is 0 Å². The molecular formula is C22H25BrFN2O3+. The van der Waals surface area contributed by atoms with Crippen molar-refractivity contribution >= 4 is 28.5 Å². The zero-order valence-electron chi connectivity index (χ0n) is 16.1. The average molecular weight is 464 g/mol. The number of nitrogens with zero attached hydrogens (tertiary/aromatic N) is 2. The number of aliphatic hydroxyl groups is 1. The molecule has 3 heterocycles. The first kappa shape index (κ1) is 20.2. The molecule has 1 N–H and O–H groups in total. The molecule has 0 saturated carbocycles. The lowest BCUT2D eigenvalue weighted by molar-refractivity contribution is -0.534. The largest absolute Gasteiger partial charge is 0.486 e. The fourth-order valence-electron chi connectivity index (χ4n) is 4.49. The molecule has 154 valence electrons. The number of rotatable bonds is 2. The summed E-state index contributed by atoms with van der Waals surface area (Å²) in [6.07, 6.45) is 4.28. The highest BCUT2D eigenvalue weighted by atomic mass is 79.9. The Bertz CT molecular complexity index is 934. The lowest BCUT2D eigenvalue weighted by atomic mass is 9.99. The molecule has 5 nitrogen and oxygen atoms in total. The third-order valence-corrected chi connectivity index (χ3v) is 5.82. The molecule has 0 saturated heterocycles. The first-order chi connectivity index (χ1) is 13.6. The van der Waals surface area contributed by atoms with Gasteiger partial charge in [0, 0.05) is 18.1 Å². The van der Waals surface area contributed by atoms with Gasteiger partial charge in [0.25, 0.3) is 11.6 Å². The van der Waals surface area contributed by atoms with Crippen LogP contribution in [0.1, 0.15) is 31.2 Å². The maximum atomic E-state index is 13.5. The average Bonchev–Trinajstić information content (AvgIpc) is 2.84. The van der Waals surface area contributed by atoms with E-state index >= 15 is 0 Å². The number of benzene rings is 2. The number of ether oxygens (including phenoxy) is 2. The van der Waals surface area contributed by atoms with E-state index in [0.717, 1.165) is 43.1 Å². The summed E-state index contributed by atoms with van der Waals surface area (Å²) in [5.74, 6) is 2.22. The van der Waals surface area contributed by atoms with E-state index < -0.39 is 5.72 Å². The van der Waals surface area contributed by atoms with Gasteiger partial charge in [-0.3, -0.25) is 4.58 Å². The van der Waals surface area contributed by atoms with Gasteiger partial charge >= 0.3 is 0 Å². The number of halogens is 2. The minimum absolute atomic E-state index is 0. The molecule has 3 aliphatic rings. The number of amidine groups is 1. The van der Waals surface area contributed by atoms with Gasteiger partial charge < -0.3 is 14.6 Å². The Kier molecular flexibility index (Phi) is 5.53. The van der Waals surface area contributed by atoms with Gasteiger partial charge in [-0.1, -0.05) is 0 Å². The topological polar surface area (TPSA) is 44.9 Å². The molecule has 29 heavy (non-hydrogen) atoms. The fourth-order valence-corrected chi connectivity index (χ4v) is 4.49. The van der Waals surface area contributed by atoms with Crippen molar-refractivity contribution in [3.63, 3.8) is 0 Å². The molecule has 0 aromatic heterocycles. The highest BCUT2D eigenvalue weighted by molar-refractivity contribution is 8.93. The van der Waals surface area contributed by atoms with Crippen LogP contribution in [0.25, 0.3) is 0 Å². The van der Waals surface area contributed by atoms with E-state index in [1.165, 1.54) is 18.6 Å². The van der Waals surface area contributed by atoms with Crippen LogP contribution in [0.15, 0.2) is 42.5 Å². The molecule has 7 heteroatoms. The molecule has 0 radical (unpaired) electrons. The number of fused-ring (bicyclic) bond motifs is 1. The van der Waals surface area contributed by atoms with Crippen LogP contribution in [0.2, 0.25) is 0 Å². The van der Waals surface area contributed by atoms with Crippen LogP contribution in [0.4, 0.5) is 10.1 Å². The molecule has 0 aliphatic carbocycles. The molecule has 1 atom stereocenters. The minimum Gasteiger partial charge on any atom is -0.486 e. The van der Waals surface area contributed by atoms with Crippen LogP contribution in [0, 0.1) is 5.82 Å². The summed E-state index contributed by atoms with van der Waals surface area (Å²) in [4.78, 5) is 2.00. The first-order valence-electron chi connectivity index (χ1n) is 9.94. The molecule has 0 amide bonds. The highest BCUT2D eigenvalue weighted by Crippen LogP contribution is 2.41. The van der Waals surface area contributed by atoms with Gasteiger partial charge in [-0.05, 0) is 55.7 Å². The summed E-state index contributed by atoms with van der Waals surface area (Å²) < 4.78 is 27.2. The van der Waals surface area contributed by atoms with Crippen molar-refractivity contribution < 1.29 is 23.5 Å². The van der Waals surface area contributed by atoms with Gasteiger partial charge in [0.05, 0.1) is 6.54 Å². The van der Waals surface area contributed by atoms with Gasteiger partial charge in [-0.2, -0.15) is 4.90 Å². The number of anilines is 1. The zero-order valence-corrected chi connectivity index (χ0v) is 17.9. The summed E-state index contributed by atoms with van der Waals surface area (Å²) in [5.41, 5.74) is 0.282. The smallest absolute Gasteiger partial charge is 0.275 e. The van der Waals surface area contributed by atoms with Crippen molar-refractivity contribution in [1.82, 2.24) is 0 Å². The molecule has 0 bridgehead atoms. The Balaban J connectivity index is 0.00000205. The van der Waals surface area contributed by atoms with Crippen LogP contribution in [0.5, 0.6) is 11.5 Å². The fraction of sp³-hybridized carbons (Fsp3) is 0.409. The van der Waals surface area contributed by atoms with E-state index in [9.17, 15) is 9.50 Å². The Morgan fingerprint density at radius 1 is 0.966 bits per heavy atom. The molecule has 5 rings (SSSR count). The molecule has 2 aromatic rings. The van der Waals surface area contributed by atoms with Crippen molar-refractivity contribution in [2.75, 3.05) is 31.2 Å². The second-order valence-electron chi connectivity index (χ2n) is 7.64. The second kappa shape index (κ2) is 7.95. The lowest BCUT2D eigenvalue weighted by Crippen LogP contribution is -2.47. The molecule has 0 spiro atoms. The monoisotopic (exact) mass is 463 g/mol. The highest BCUT2D eigenvalue weighted by Gasteiger charge is 2.54. The standard InChI is InChI=1S/C22H24FN2O3.BrH/c23-17-7-5-16(6-8-17)22(26)15-24-11-3-1-2-4-21(24)25(22)18-9-10-19-20(14-18)28-13-12-27-19;/h5-10,14,26H,1-4,11-13,15H2;1H/q+1;. The van der Waals surface area contributed by atoms with E-state index in [0.29, 0.717) is 31.1 Å². The van der Waals surface area contributed by atoms with E-state index in [-0.39, 0.29) is 22.8 Å². The Labute approximate surface area is 180 Å². The van der Waals surface area contributed by atoms with Crippen LogP contribution in [0.3, 0.4) is 0 Å². The zero-order chi connectivity index (χ0) is 19.1. The van der Waals surface area contributed by atoms with Crippen LogP contribution in [-0.2, 0) is 5.72 Å². The maximum absolute atomic E-state index is 13.5. The maximum Gasteiger partial charge on any atom is 0.275 e. The second-order valence-corrected chi connectivity index (χ2v) is 7.64. The normalized spacial score (nSPS) is 23.3. The van der Waals surface area contributed by atoms with Crippen molar-refractivity contribution in [2.45, 2.75) is 31.4 Å². The van der Waals surface area contributed by atoms with Crippen molar-refractivity contribution in [2.24, 2.45) is 0 Å². The van der Waals surface area contributed by atoms with Crippen LogP contribution in [-0.4, -0.2) is 41.8 Å². The summed E-state index contributed by atoms with van der Waals surface area (Å²) in [6.45, 7) is 2.43. The van der Waals surface area contributed by atoms with Gasteiger partial charge in [-0.25, -0.2) is 4.39 Å². The van der Waals surface area contributed by atoms with Crippen LogP contribution >= 0.6 is 17.0 Å². The summed E-state index contributed by atoms with van der Waals surface area (Å²) >= 11 is 0. The molecule has 1 unspecified atom stereocenters. The molecule has 2 aromatic carbocycles. The van der Waals surface area contributed by atoms with E-state index in [4.69, 9.17) is 9.47 Å². The van der Waals surface area contributed by atoms with Gasteiger partial charge in [0.1, 0.15) is 24.7 Å². The van der Waals surface area contributed by atoms with Crippen molar-refractivity contribution in [3.05, 3.63) is 53.8 Å². The van der Waals surface area contributed by atoms with Gasteiger partial charge in [0.15, 0.2) is 18.0 Å². The molecule has 0 fully saturated rings. The van der Waals surface area contributed by atoms with Crippen LogP contribution < -0.4 is 14.4 Å². The molecular weight excluding hydrogens is 439 g/mol. The SMILES string of the molecule is Br.OC1(c2ccc(F)cc2)C[N+]2=C(CCCCC2)N1c1ccc2c(c1)OCCO2. The van der Waals surface area contributed by atoms with Crippen molar-refractivity contribution in [3.8, 4) is 11.5 Å². The minimum atomic E-state index is -1.26.